The van der Waals surface area contributed by atoms with E-state index < -0.39 is 5.97 Å². The molecule has 6 nitrogen and oxygen atoms in total. The number of amides is 1. The van der Waals surface area contributed by atoms with Gasteiger partial charge in [-0.2, -0.15) is 0 Å². The Morgan fingerprint density at radius 1 is 1.60 bits per heavy atom. The molecule has 0 bridgehead atoms. The molecular formula is C9H8N2O4. The van der Waals surface area contributed by atoms with Crippen LogP contribution in [0.2, 0.25) is 0 Å². The van der Waals surface area contributed by atoms with Crippen molar-refractivity contribution in [3.05, 3.63) is 17.8 Å². The highest BCUT2D eigenvalue weighted by atomic mass is 16.5. The summed E-state index contributed by atoms with van der Waals surface area (Å²) in [5.74, 6) is -1.05. The zero-order chi connectivity index (χ0) is 10.8. The standard InChI is InChI=1S/C9H8N2O4/c12-7-1-2-15-8-6(11-7)3-5(4-10-8)9(13)14/h3-4H,1-2H2,(H,11,12)(H,13,14). The van der Waals surface area contributed by atoms with Crippen LogP contribution in [-0.2, 0) is 4.79 Å². The molecule has 0 radical (unpaired) electrons. The Hall–Kier alpha value is -2.11. The molecule has 0 unspecified atom stereocenters. The van der Waals surface area contributed by atoms with Gasteiger partial charge in [0.2, 0.25) is 11.8 Å². The number of rotatable bonds is 1. The Balaban J connectivity index is 2.41. The van der Waals surface area contributed by atoms with Gasteiger partial charge in [-0.05, 0) is 6.07 Å². The number of fused-ring (bicyclic) bond motifs is 1. The lowest BCUT2D eigenvalue weighted by Crippen LogP contribution is -2.11. The number of nitrogens with one attached hydrogen (secondary N) is 1. The van der Waals surface area contributed by atoms with Gasteiger partial charge in [0.15, 0.2) is 0 Å². The molecule has 0 aromatic carbocycles. The van der Waals surface area contributed by atoms with E-state index in [1.54, 1.807) is 0 Å². The first kappa shape index (κ1) is 9.45. The summed E-state index contributed by atoms with van der Waals surface area (Å²) in [5.41, 5.74) is 0.317. The zero-order valence-corrected chi connectivity index (χ0v) is 7.69. The van der Waals surface area contributed by atoms with Gasteiger partial charge < -0.3 is 15.2 Å². The Labute approximate surface area is 84.9 Å². The van der Waals surface area contributed by atoms with Gasteiger partial charge in [-0.3, -0.25) is 4.79 Å². The van der Waals surface area contributed by atoms with Gasteiger partial charge in [0.05, 0.1) is 18.6 Å². The molecule has 1 aliphatic rings. The second-order valence-electron chi connectivity index (χ2n) is 3.03. The van der Waals surface area contributed by atoms with E-state index in [9.17, 15) is 9.59 Å². The zero-order valence-electron chi connectivity index (χ0n) is 7.69. The van der Waals surface area contributed by atoms with Crippen molar-refractivity contribution in [3.63, 3.8) is 0 Å². The fraction of sp³-hybridized carbons (Fsp3) is 0.222. The molecule has 0 saturated heterocycles. The quantitative estimate of drug-likeness (QED) is 0.701. The Morgan fingerprint density at radius 3 is 3.13 bits per heavy atom. The molecule has 1 aliphatic heterocycles. The van der Waals surface area contributed by atoms with Gasteiger partial charge in [-0.1, -0.05) is 0 Å². The van der Waals surface area contributed by atoms with Gasteiger partial charge in [0, 0.05) is 6.20 Å². The first-order valence-electron chi connectivity index (χ1n) is 4.33. The SMILES string of the molecule is O=C1CCOc2ncc(C(=O)O)cc2N1. The minimum atomic E-state index is -1.09. The number of carboxylic acids is 1. The number of carbonyl (C=O) groups is 2. The lowest BCUT2D eigenvalue weighted by Gasteiger charge is -2.05. The molecular weight excluding hydrogens is 200 g/mol. The van der Waals surface area contributed by atoms with Crippen LogP contribution in [0.15, 0.2) is 12.3 Å². The number of carbonyl (C=O) groups excluding carboxylic acids is 1. The van der Waals surface area contributed by atoms with Crippen LogP contribution in [0, 0.1) is 0 Å². The maximum Gasteiger partial charge on any atom is 0.337 e. The van der Waals surface area contributed by atoms with Crippen molar-refractivity contribution in [1.82, 2.24) is 4.98 Å². The number of pyridine rings is 1. The van der Waals surface area contributed by atoms with Crippen LogP contribution in [0.1, 0.15) is 16.8 Å². The van der Waals surface area contributed by atoms with E-state index in [4.69, 9.17) is 9.84 Å². The van der Waals surface area contributed by atoms with Crippen molar-refractivity contribution < 1.29 is 19.4 Å². The largest absolute Gasteiger partial charge is 0.478 e. The molecule has 0 atom stereocenters. The number of aromatic nitrogens is 1. The molecule has 0 fully saturated rings. The Bertz CT molecular complexity index is 430. The topological polar surface area (TPSA) is 88.5 Å². The Morgan fingerprint density at radius 2 is 2.40 bits per heavy atom. The molecule has 1 aromatic rings. The third-order valence-electron chi connectivity index (χ3n) is 1.94. The summed E-state index contributed by atoms with van der Waals surface area (Å²) >= 11 is 0. The Kier molecular flexibility index (Phi) is 2.24. The van der Waals surface area contributed by atoms with Crippen molar-refractivity contribution >= 4 is 17.6 Å². The molecule has 78 valence electrons. The highest BCUT2D eigenvalue weighted by Crippen LogP contribution is 2.24. The average Bonchev–Trinajstić information content (AvgIpc) is 2.37. The van der Waals surface area contributed by atoms with Gasteiger partial charge in [0.25, 0.3) is 0 Å². The first-order chi connectivity index (χ1) is 7.16. The van der Waals surface area contributed by atoms with Crippen molar-refractivity contribution in [2.45, 2.75) is 6.42 Å². The minimum absolute atomic E-state index is 0.0135. The molecule has 1 amide bonds. The normalized spacial score (nSPS) is 14.5. The van der Waals surface area contributed by atoms with Crippen LogP contribution >= 0.6 is 0 Å². The summed E-state index contributed by atoms with van der Waals surface area (Å²) in [6.45, 7) is 0.248. The molecule has 0 spiro atoms. The van der Waals surface area contributed by atoms with Gasteiger partial charge in [-0.25, -0.2) is 9.78 Å². The van der Waals surface area contributed by atoms with Crippen LogP contribution in [0.25, 0.3) is 0 Å². The number of aromatic carboxylic acids is 1. The summed E-state index contributed by atoms with van der Waals surface area (Å²) in [4.78, 5) is 25.6. The van der Waals surface area contributed by atoms with Crippen molar-refractivity contribution in [1.29, 1.82) is 0 Å². The molecule has 2 N–H and O–H groups in total. The molecule has 1 aromatic heterocycles. The molecule has 2 rings (SSSR count). The number of hydrogen-bond acceptors (Lipinski definition) is 4. The summed E-state index contributed by atoms with van der Waals surface area (Å²) in [6, 6.07) is 1.33. The second kappa shape index (κ2) is 3.56. The number of carboxylic acid groups (broad SMARTS) is 1. The first-order valence-corrected chi connectivity index (χ1v) is 4.33. The maximum absolute atomic E-state index is 11.2. The fourth-order valence-corrected chi connectivity index (χ4v) is 1.23. The average molecular weight is 208 g/mol. The highest BCUT2D eigenvalue weighted by molar-refractivity contribution is 5.95. The summed E-state index contributed by atoms with van der Waals surface area (Å²) < 4.78 is 5.17. The van der Waals surface area contributed by atoms with Crippen molar-refractivity contribution in [2.75, 3.05) is 11.9 Å². The van der Waals surface area contributed by atoms with E-state index in [1.807, 2.05) is 0 Å². The lowest BCUT2D eigenvalue weighted by atomic mass is 10.2. The van der Waals surface area contributed by atoms with Crippen LogP contribution in [0.4, 0.5) is 5.69 Å². The summed E-state index contributed by atoms with van der Waals surface area (Å²) in [6.07, 6.45) is 1.43. The highest BCUT2D eigenvalue weighted by Gasteiger charge is 2.16. The molecule has 2 heterocycles. The third kappa shape index (κ3) is 1.88. The predicted molar refractivity (Wildman–Crippen MR) is 49.9 cm³/mol. The molecule has 0 aliphatic carbocycles. The van der Waals surface area contributed by atoms with E-state index in [2.05, 4.69) is 10.3 Å². The number of anilines is 1. The lowest BCUT2D eigenvalue weighted by molar-refractivity contribution is -0.116. The summed E-state index contributed by atoms with van der Waals surface area (Å²) in [7, 11) is 0. The number of hydrogen-bond donors (Lipinski definition) is 2. The van der Waals surface area contributed by atoms with Crippen LogP contribution in [0.5, 0.6) is 5.88 Å². The van der Waals surface area contributed by atoms with E-state index in [0.717, 1.165) is 0 Å². The van der Waals surface area contributed by atoms with Gasteiger partial charge in [0.1, 0.15) is 5.69 Å². The van der Waals surface area contributed by atoms with E-state index >= 15 is 0 Å². The maximum atomic E-state index is 11.2. The number of ether oxygens (including phenoxy) is 1. The third-order valence-corrected chi connectivity index (χ3v) is 1.94. The van der Waals surface area contributed by atoms with Crippen LogP contribution in [-0.4, -0.2) is 28.6 Å². The van der Waals surface area contributed by atoms with Crippen molar-refractivity contribution in [2.24, 2.45) is 0 Å². The van der Waals surface area contributed by atoms with E-state index in [1.165, 1.54) is 12.3 Å². The fourth-order valence-electron chi connectivity index (χ4n) is 1.23. The molecule has 6 heteroatoms. The minimum Gasteiger partial charge on any atom is -0.478 e. The van der Waals surface area contributed by atoms with E-state index in [-0.39, 0.29) is 30.4 Å². The second-order valence-corrected chi connectivity index (χ2v) is 3.03. The van der Waals surface area contributed by atoms with Crippen LogP contribution < -0.4 is 10.1 Å². The van der Waals surface area contributed by atoms with Gasteiger partial charge >= 0.3 is 5.97 Å². The van der Waals surface area contributed by atoms with Gasteiger partial charge in [-0.15, -0.1) is 0 Å². The number of nitrogens with zero attached hydrogens (tertiary/aromatic N) is 1. The smallest absolute Gasteiger partial charge is 0.337 e. The van der Waals surface area contributed by atoms with Crippen LogP contribution in [0.3, 0.4) is 0 Å². The van der Waals surface area contributed by atoms with Crippen molar-refractivity contribution in [3.8, 4) is 5.88 Å². The molecule has 0 saturated carbocycles. The molecule has 15 heavy (non-hydrogen) atoms. The summed E-state index contributed by atoms with van der Waals surface area (Å²) in [5, 5.41) is 11.3. The monoisotopic (exact) mass is 208 g/mol. The predicted octanol–water partition coefficient (Wildman–Crippen LogP) is 0.501. The van der Waals surface area contributed by atoms with E-state index in [0.29, 0.717) is 5.69 Å².